The molecule has 2 aromatic carbocycles. The number of carbonyl (C=O) groups is 3. The molecule has 3 amide bonds. The number of benzene rings is 2. The van der Waals surface area contributed by atoms with Gasteiger partial charge in [-0.25, -0.2) is 14.6 Å². The molecule has 1 unspecified atom stereocenters. The highest BCUT2D eigenvalue weighted by molar-refractivity contribution is 6.74. The molecule has 0 bridgehead atoms. The van der Waals surface area contributed by atoms with Gasteiger partial charge < -0.3 is 34.2 Å². The summed E-state index contributed by atoms with van der Waals surface area (Å²) in [6.07, 6.45) is 4.54. The van der Waals surface area contributed by atoms with Gasteiger partial charge >= 0.3 is 12.2 Å². The van der Waals surface area contributed by atoms with Crippen LogP contribution < -0.4 is 20.9 Å². The summed E-state index contributed by atoms with van der Waals surface area (Å²) in [6.45, 7) is 20.8. The van der Waals surface area contributed by atoms with Gasteiger partial charge in [-0.3, -0.25) is 15.1 Å². The number of pyridine rings is 2. The average Bonchev–Trinajstić information content (AvgIpc) is 3.17. The molecule has 13 nitrogen and oxygen atoms in total. The fourth-order valence-electron chi connectivity index (χ4n) is 7.00. The van der Waals surface area contributed by atoms with Gasteiger partial charge in [-0.2, -0.15) is 0 Å². The topological polar surface area (TPSA) is 153 Å². The number of nitrogens with zero attached hydrogens (tertiary/aromatic N) is 3. The Morgan fingerprint density at radius 2 is 1.69 bits per heavy atom. The number of nitrogens with one attached hydrogen (secondary N) is 3. The molecule has 59 heavy (non-hydrogen) atoms. The minimum atomic E-state index is -2.25. The van der Waals surface area contributed by atoms with E-state index in [9.17, 15) is 14.4 Å². The number of piperidine rings is 1. The van der Waals surface area contributed by atoms with Crippen LogP contribution in [0.3, 0.4) is 0 Å². The van der Waals surface area contributed by atoms with Crippen LogP contribution in [0.4, 0.5) is 26.7 Å². The Hall–Kier alpha value is -5.31. The molecule has 3 atom stereocenters. The number of rotatable bonds is 10. The first-order valence-electron chi connectivity index (χ1n) is 20.2. The highest BCUT2D eigenvalue weighted by Crippen LogP contribution is 2.40. The fraction of sp³-hybridized carbons (Fsp3) is 0.444. The first-order chi connectivity index (χ1) is 27.9. The molecular formula is C45H58N6O7Si. The molecular weight excluding hydrogens is 765 g/mol. The third-order valence-electron chi connectivity index (χ3n) is 11.0. The van der Waals surface area contributed by atoms with E-state index >= 15 is 0 Å². The Balaban J connectivity index is 1.30. The van der Waals surface area contributed by atoms with Gasteiger partial charge in [0.25, 0.3) is 5.91 Å². The molecule has 1 saturated heterocycles. The monoisotopic (exact) mass is 822 g/mol. The van der Waals surface area contributed by atoms with Gasteiger partial charge in [-0.15, -0.1) is 0 Å². The highest BCUT2D eigenvalue weighted by atomic mass is 28.4. The lowest BCUT2D eigenvalue weighted by Crippen LogP contribution is -2.63. The predicted octanol–water partition coefficient (Wildman–Crippen LogP) is 9.17. The zero-order chi connectivity index (χ0) is 42.5. The van der Waals surface area contributed by atoms with Crippen molar-refractivity contribution in [1.29, 1.82) is 0 Å². The van der Waals surface area contributed by atoms with Crippen LogP contribution in [0.1, 0.15) is 76.5 Å². The summed E-state index contributed by atoms with van der Waals surface area (Å²) >= 11 is 0. The van der Waals surface area contributed by atoms with Crippen LogP contribution >= 0.6 is 0 Å². The zero-order valence-electron chi connectivity index (χ0n) is 35.7. The van der Waals surface area contributed by atoms with Crippen LogP contribution in [0.2, 0.25) is 18.1 Å². The van der Waals surface area contributed by atoms with Crippen molar-refractivity contribution in [1.82, 2.24) is 15.3 Å². The van der Waals surface area contributed by atoms with Crippen LogP contribution in [0.25, 0.3) is 16.5 Å². The Bertz CT molecular complexity index is 2180. The number of hydrogen-bond donors (Lipinski definition) is 3. The quantitative estimate of drug-likeness (QED) is 0.132. The molecule has 14 heteroatoms. The van der Waals surface area contributed by atoms with E-state index in [1.54, 1.807) is 18.5 Å². The lowest BCUT2D eigenvalue weighted by Gasteiger charge is -2.48. The summed E-state index contributed by atoms with van der Waals surface area (Å²) in [5, 5.41) is 9.64. The third kappa shape index (κ3) is 11.0. The van der Waals surface area contributed by atoms with Crippen LogP contribution in [0, 0.1) is 5.92 Å². The molecule has 2 aromatic heterocycles. The molecule has 4 heterocycles. The van der Waals surface area contributed by atoms with Crippen LogP contribution in [-0.4, -0.2) is 80.4 Å². The van der Waals surface area contributed by atoms with Crippen LogP contribution in [-0.2, 0) is 25.2 Å². The van der Waals surface area contributed by atoms with Crippen molar-refractivity contribution in [3.63, 3.8) is 0 Å². The van der Waals surface area contributed by atoms with E-state index in [4.69, 9.17) is 23.6 Å². The average molecular weight is 823 g/mol. The molecule has 2 aliphatic heterocycles. The first kappa shape index (κ1) is 43.3. The van der Waals surface area contributed by atoms with Crippen molar-refractivity contribution in [2.75, 3.05) is 41.8 Å². The Kier molecular flexibility index (Phi) is 13.1. The maximum absolute atomic E-state index is 14.4. The summed E-state index contributed by atoms with van der Waals surface area (Å²) in [6, 6.07) is 18.4. The van der Waals surface area contributed by atoms with Crippen molar-refractivity contribution in [3.8, 4) is 0 Å². The van der Waals surface area contributed by atoms with E-state index in [2.05, 4.69) is 72.7 Å². The van der Waals surface area contributed by atoms with Gasteiger partial charge in [0.05, 0.1) is 54.1 Å². The van der Waals surface area contributed by atoms with Crippen molar-refractivity contribution in [3.05, 3.63) is 96.0 Å². The van der Waals surface area contributed by atoms with Gasteiger partial charge in [-0.1, -0.05) is 76.2 Å². The second-order valence-corrected chi connectivity index (χ2v) is 22.6. The van der Waals surface area contributed by atoms with E-state index < -0.39 is 38.1 Å². The minimum absolute atomic E-state index is 0.00128. The zero-order valence-corrected chi connectivity index (χ0v) is 36.7. The Morgan fingerprint density at radius 3 is 2.39 bits per heavy atom. The summed E-state index contributed by atoms with van der Waals surface area (Å²) in [7, 11) is -2.25. The minimum Gasteiger partial charge on any atom is -0.444 e. The van der Waals surface area contributed by atoms with Crippen molar-refractivity contribution < 1.29 is 33.0 Å². The Labute approximate surface area is 348 Å². The molecule has 0 spiro atoms. The number of alkyl carbamates (subject to hydrolysis) is 1. The van der Waals surface area contributed by atoms with Gasteiger partial charge in [0.15, 0.2) is 14.0 Å². The van der Waals surface area contributed by atoms with E-state index in [-0.39, 0.29) is 35.0 Å². The van der Waals surface area contributed by atoms with Crippen molar-refractivity contribution in [2.24, 2.45) is 5.92 Å². The maximum Gasteiger partial charge on any atom is 0.412 e. The van der Waals surface area contributed by atoms with Crippen molar-refractivity contribution in [2.45, 2.75) is 97.4 Å². The maximum atomic E-state index is 14.4. The Morgan fingerprint density at radius 1 is 0.932 bits per heavy atom. The molecule has 3 N–H and O–H groups in total. The first-order valence-corrected chi connectivity index (χ1v) is 23.1. The molecule has 4 aromatic rings. The van der Waals surface area contributed by atoms with Gasteiger partial charge in [0.2, 0.25) is 0 Å². The molecule has 0 aliphatic carbocycles. The lowest BCUT2D eigenvalue weighted by atomic mass is 9.92. The SMILES string of the molecule is C[C@H]1CN(c2ccncc2NC(=O)c2nc3cc(C4=CCOCC4)ccc3cc2NC(=O)OCc2ccccc2)CC(NC(=O)OC(C)(C)C)[C@@H]1O[Si](C)(C)C(C)(C)C. The van der Waals surface area contributed by atoms with Crippen LogP contribution in [0.15, 0.2) is 79.1 Å². The normalized spacial score (nSPS) is 18.8. The predicted molar refractivity (Wildman–Crippen MR) is 234 cm³/mol. The largest absolute Gasteiger partial charge is 0.444 e. The van der Waals surface area contributed by atoms with E-state index in [0.717, 1.165) is 28.5 Å². The summed E-state index contributed by atoms with van der Waals surface area (Å²) in [5.41, 5.74) is 4.18. The molecule has 0 saturated carbocycles. The van der Waals surface area contributed by atoms with Gasteiger partial charge in [0.1, 0.15) is 12.2 Å². The van der Waals surface area contributed by atoms with E-state index in [1.807, 2.05) is 75.4 Å². The number of carbonyl (C=O) groups excluding carboxylic acids is 3. The number of aromatic nitrogens is 2. The summed E-state index contributed by atoms with van der Waals surface area (Å²) in [4.78, 5) is 52.2. The van der Waals surface area contributed by atoms with E-state index in [1.165, 1.54) is 0 Å². The number of fused-ring (bicyclic) bond motifs is 1. The standard InChI is InChI=1S/C45H58N6O7Si/c1-29-26-51(27-37(50-43(54)57-44(2,3)4)40(29)58-59(8,9)45(5,6)7)38-17-20-46-25-36(38)48-41(52)39-35(49-42(53)56-28-30-13-11-10-12-14-30)24-33-16-15-32(23-34(33)47-39)31-18-21-55-22-19-31/h10-18,20,23-25,29,37,40H,19,21-22,26-28H2,1-9H3,(H,48,52)(H,49,53)(H,50,54)/t29-,37?,40+/m0/s1. The number of anilines is 3. The number of amides is 3. The third-order valence-corrected chi connectivity index (χ3v) is 15.5. The second-order valence-electron chi connectivity index (χ2n) is 17.9. The van der Waals surface area contributed by atoms with Gasteiger partial charge in [0, 0.05) is 30.6 Å². The van der Waals surface area contributed by atoms with Crippen molar-refractivity contribution >= 4 is 59.9 Å². The summed E-state index contributed by atoms with van der Waals surface area (Å²) in [5.74, 6) is -0.572. The number of ether oxygens (including phenoxy) is 3. The molecule has 1 fully saturated rings. The molecule has 314 valence electrons. The molecule has 2 aliphatic rings. The highest BCUT2D eigenvalue weighted by Gasteiger charge is 2.45. The fourth-order valence-corrected chi connectivity index (χ4v) is 8.43. The smallest absolute Gasteiger partial charge is 0.412 e. The second kappa shape index (κ2) is 17.9. The van der Waals surface area contributed by atoms with Crippen LogP contribution in [0.5, 0.6) is 0 Å². The van der Waals surface area contributed by atoms with Gasteiger partial charge in [-0.05, 0) is 80.2 Å². The number of hydrogen-bond acceptors (Lipinski definition) is 10. The lowest BCUT2D eigenvalue weighted by molar-refractivity contribution is 0.0336. The molecule has 0 radical (unpaired) electrons. The summed E-state index contributed by atoms with van der Waals surface area (Å²) < 4.78 is 23.8. The van der Waals surface area contributed by atoms with E-state index in [0.29, 0.717) is 43.2 Å². The molecule has 6 rings (SSSR count).